The van der Waals surface area contributed by atoms with Gasteiger partial charge in [0.25, 0.3) is 0 Å². The Bertz CT molecular complexity index is 946. The number of hydrogen-bond donors (Lipinski definition) is 1. The van der Waals surface area contributed by atoms with Crippen molar-refractivity contribution < 1.29 is 9.90 Å². The molecule has 3 aliphatic heterocycles. The van der Waals surface area contributed by atoms with Crippen LogP contribution in [-0.4, -0.2) is 41.8 Å². The maximum Gasteiger partial charge on any atom is 0.407 e. The van der Waals surface area contributed by atoms with Gasteiger partial charge in [0.2, 0.25) is 0 Å². The Labute approximate surface area is 168 Å². The van der Waals surface area contributed by atoms with Crippen LogP contribution in [0.5, 0.6) is 0 Å². The summed E-state index contributed by atoms with van der Waals surface area (Å²) >= 11 is 12.3. The van der Waals surface area contributed by atoms with Gasteiger partial charge < -0.3 is 14.9 Å². The summed E-state index contributed by atoms with van der Waals surface area (Å²) in [6, 6.07) is 10.7. The molecule has 0 aliphatic carbocycles. The minimum absolute atomic E-state index is 0.240. The van der Waals surface area contributed by atoms with Gasteiger partial charge in [-0.3, -0.25) is 0 Å². The Morgan fingerprint density at radius 2 is 1.93 bits per heavy atom. The molecule has 0 aromatic heterocycles. The first kappa shape index (κ1) is 17.2. The molecule has 2 atom stereocenters. The second-order valence-electron chi connectivity index (χ2n) is 7.69. The summed E-state index contributed by atoms with van der Waals surface area (Å²) in [6.45, 7) is 2.27. The van der Waals surface area contributed by atoms with E-state index >= 15 is 0 Å². The van der Waals surface area contributed by atoms with Crippen molar-refractivity contribution in [1.29, 1.82) is 0 Å². The number of halogens is 2. The molecule has 4 nitrogen and oxygen atoms in total. The standard InChI is InChI=1S/C21H20Cl2N2O2/c22-17-4-3-12(10-18(17)23)14-8-13-2-1-6-25-19-5-7-24(21(26)27)11-16(19)15(9-14)20(13)25/h3-4,8-10,16,19H,1-2,5-7,11H2,(H,26,27). The Balaban J connectivity index is 1.62. The van der Waals surface area contributed by atoms with Gasteiger partial charge in [0.15, 0.2) is 0 Å². The quantitative estimate of drug-likeness (QED) is 0.706. The summed E-state index contributed by atoms with van der Waals surface area (Å²) in [7, 11) is 0. The molecule has 1 saturated heterocycles. The molecule has 3 heterocycles. The lowest BCUT2D eigenvalue weighted by molar-refractivity contribution is 0.127. The SMILES string of the molecule is O=C(O)N1CCC2C(C1)c1cc(-c3ccc(Cl)c(Cl)c3)cc3c1N2CCC3. The number of hydrogen-bond acceptors (Lipinski definition) is 2. The number of rotatable bonds is 1. The number of nitrogens with zero attached hydrogens (tertiary/aromatic N) is 2. The van der Waals surface area contributed by atoms with E-state index in [4.69, 9.17) is 23.2 Å². The van der Waals surface area contributed by atoms with Gasteiger partial charge in [-0.15, -0.1) is 0 Å². The first-order valence-electron chi connectivity index (χ1n) is 9.39. The van der Waals surface area contributed by atoms with Crippen molar-refractivity contribution >= 4 is 35.0 Å². The first-order valence-corrected chi connectivity index (χ1v) is 10.2. The van der Waals surface area contributed by atoms with Crippen molar-refractivity contribution in [3.8, 4) is 11.1 Å². The average Bonchev–Trinajstić information content (AvgIpc) is 2.99. The van der Waals surface area contributed by atoms with E-state index in [1.807, 2.05) is 18.2 Å². The molecule has 2 unspecified atom stereocenters. The van der Waals surface area contributed by atoms with Crippen molar-refractivity contribution in [2.24, 2.45) is 0 Å². The number of aryl methyl sites for hydroxylation is 1. The molecule has 0 saturated carbocycles. The van der Waals surface area contributed by atoms with Crippen LogP contribution in [0.1, 0.15) is 29.9 Å². The Morgan fingerprint density at radius 3 is 2.70 bits per heavy atom. The van der Waals surface area contributed by atoms with Gasteiger partial charge in [0.05, 0.1) is 10.0 Å². The summed E-state index contributed by atoms with van der Waals surface area (Å²) in [4.78, 5) is 15.6. The molecule has 0 bridgehead atoms. The molecule has 3 aliphatic rings. The number of piperidine rings is 1. The van der Waals surface area contributed by atoms with Gasteiger partial charge in [0.1, 0.15) is 0 Å². The second kappa shape index (κ2) is 6.32. The molecule has 1 amide bonds. The molecule has 2 aromatic rings. The third kappa shape index (κ3) is 2.69. The van der Waals surface area contributed by atoms with Gasteiger partial charge in [-0.25, -0.2) is 4.79 Å². The Kier molecular flexibility index (Phi) is 4.03. The topological polar surface area (TPSA) is 43.8 Å². The van der Waals surface area contributed by atoms with Gasteiger partial charge in [-0.2, -0.15) is 0 Å². The Hall–Kier alpha value is -1.91. The number of carbonyl (C=O) groups is 1. The fraction of sp³-hybridized carbons (Fsp3) is 0.381. The number of benzene rings is 2. The maximum atomic E-state index is 11.5. The van der Waals surface area contributed by atoms with Gasteiger partial charge in [-0.1, -0.05) is 29.3 Å². The predicted octanol–water partition coefficient (Wildman–Crippen LogP) is 5.26. The van der Waals surface area contributed by atoms with E-state index in [2.05, 4.69) is 17.0 Å². The molecule has 0 radical (unpaired) electrons. The number of anilines is 1. The molecule has 1 fully saturated rings. The van der Waals surface area contributed by atoms with Crippen molar-refractivity contribution in [2.75, 3.05) is 24.5 Å². The lowest BCUT2D eigenvalue weighted by atomic mass is 9.87. The number of likely N-dealkylation sites (tertiary alicyclic amines) is 1. The van der Waals surface area contributed by atoms with Crippen LogP contribution in [0.3, 0.4) is 0 Å². The summed E-state index contributed by atoms with van der Waals surface area (Å²) in [5, 5.41) is 10.6. The third-order valence-corrected chi connectivity index (χ3v) is 6.99. The molecule has 1 N–H and O–H groups in total. The van der Waals surface area contributed by atoms with E-state index in [1.165, 1.54) is 16.8 Å². The van der Waals surface area contributed by atoms with E-state index in [0.29, 0.717) is 29.2 Å². The highest BCUT2D eigenvalue weighted by molar-refractivity contribution is 6.42. The zero-order valence-corrected chi connectivity index (χ0v) is 16.3. The van der Waals surface area contributed by atoms with Crippen LogP contribution in [-0.2, 0) is 6.42 Å². The third-order valence-electron chi connectivity index (χ3n) is 6.25. The summed E-state index contributed by atoms with van der Waals surface area (Å²) in [6.07, 6.45) is 2.29. The molecule has 5 rings (SSSR count). The molecule has 2 aromatic carbocycles. The number of amides is 1. The normalized spacial score (nSPS) is 23.2. The average molecular weight is 403 g/mol. The van der Waals surface area contributed by atoms with Gasteiger partial charge >= 0.3 is 6.09 Å². The lowest BCUT2D eigenvalue weighted by Crippen LogP contribution is -2.48. The largest absolute Gasteiger partial charge is 0.465 e. The molecule has 0 spiro atoms. The van der Waals surface area contributed by atoms with Crippen molar-refractivity contribution in [3.05, 3.63) is 51.5 Å². The zero-order chi connectivity index (χ0) is 18.7. The molecular formula is C21H20Cl2N2O2. The van der Waals surface area contributed by atoms with Crippen LogP contribution in [0.25, 0.3) is 11.1 Å². The summed E-state index contributed by atoms with van der Waals surface area (Å²) < 4.78 is 0. The van der Waals surface area contributed by atoms with Crippen LogP contribution in [0.2, 0.25) is 10.0 Å². The zero-order valence-electron chi connectivity index (χ0n) is 14.8. The number of carboxylic acid groups (broad SMARTS) is 1. The molecular weight excluding hydrogens is 383 g/mol. The first-order chi connectivity index (χ1) is 13.0. The predicted molar refractivity (Wildman–Crippen MR) is 108 cm³/mol. The molecule has 6 heteroatoms. The van der Waals surface area contributed by atoms with Crippen LogP contribution in [0.15, 0.2) is 30.3 Å². The van der Waals surface area contributed by atoms with E-state index in [-0.39, 0.29) is 5.92 Å². The minimum atomic E-state index is -0.816. The van der Waals surface area contributed by atoms with Crippen molar-refractivity contribution in [3.63, 3.8) is 0 Å². The van der Waals surface area contributed by atoms with Crippen LogP contribution < -0.4 is 4.90 Å². The summed E-state index contributed by atoms with van der Waals surface area (Å²) in [5.74, 6) is 0.240. The highest BCUT2D eigenvalue weighted by atomic mass is 35.5. The fourth-order valence-corrected chi connectivity index (χ4v) is 5.36. The van der Waals surface area contributed by atoms with Crippen LogP contribution >= 0.6 is 23.2 Å². The fourth-order valence-electron chi connectivity index (χ4n) is 5.06. The second-order valence-corrected chi connectivity index (χ2v) is 8.50. The van der Waals surface area contributed by atoms with Gasteiger partial charge in [0, 0.05) is 37.3 Å². The number of fused-ring (bicyclic) bond motifs is 3. The monoisotopic (exact) mass is 402 g/mol. The van der Waals surface area contributed by atoms with E-state index < -0.39 is 6.09 Å². The minimum Gasteiger partial charge on any atom is -0.465 e. The smallest absolute Gasteiger partial charge is 0.407 e. The molecule has 140 valence electrons. The lowest BCUT2D eigenvalue weighted by Gasteiger charge is -2.39. The van der Waals surface area contributed by atoms with E-state index in [0.717, 1.165) is 36.9 Å². The van der Waals surface area contributed by atoms with Crippen LogP contribution in [0.4, 0.5) is 10.5 Å². The van der Waals surface area contributed by atoms with Crippen LogP contribution in [0, 0.1) is 0 Å². The van der Waals surface area contributed by atoms with E-state index in [1.54, 1.807) is 4.90 Å². The highest BCUT2D eigenvalue weighted by Crippen LogP contribution is 2.50. The van der Waals surface area contributed by atoms with Gasteiger partial charge in [-0.05, 0) is 65.8 Å². The Morgan fingerprint density at radius 1 is 1.07 bits per heavy atom. The maximum absolute atomic E-state index is 11.5. The summed E-state index contributed by atoms with van der Waals surface area (Å²) in [5.41, 5.74) is 6.21. The molecule has 27 heavy (non-hydrogen) atoms. The van der Waals surface area contributed by atoms with Crippen molar-refractivity contribution in [1.82, 2.24) is 4.90 Å². The highest BCUT2D eigenvalue weighted by Gasteiger charge is 2.44. The van der Waals surface area contributed by atoms with E-state index in [9.17, 15) is 9.90 Å². The van der Waals surface area contributed by atoms with Crippen molar-refractivity contribution in [2.45, 2.75) is 31.2 Å².